The number of allylic oxidation sites excluding steroid dienone is 1. The van der Waals surface area contributed by atoms with Crippen LogP contribution in [-0.4, -0.2) is 6.04 Å². The summed E-state index contributed by atoms with van der Waals surface area (Å²) in [6, 6.07) is 12.0. The molecule has 1 aliphatic rings. The van der Waals surface area contributed by atoms with Crippen LogP contribution in [0.4, 0.5) is 0 Å². The highest BCUT2D eigenvalue weighted by molar-refractivity contribution is 5.19. The smallest absolute Gasteiger partial charge is 0.0322 e. The molecule has 1 aromatic rings. The summed E-state index contributed by atoms with van der Waals surface area (Å²) in [5.41, 5.74) is 1.43. The second-order valence-corrected chi connectivity index (χ2v) is 4.90. The third-order valence-electron chi connectivity index (χ3n) is 3.49. The Morgan fingerprint density at radius 1 is 1.24 bits per heavy atom. The molecule has 0 saturated carbocycles. The minimum atomic E-state index is 0.526. The number of benzene rings is 1. The van der Waals surface area contributed by atoms with Crippen molar-refractivity contribution < 1.29 is 0 Å². The van der Waals surface area contributed by atoms with Gasteiger partial charge in [0, 0.05) is 12.1 Å². The van der Waals surface area contributed by atoms with Crippen molar-refractivity contribution in [3.63, 3.8) is 0 Å². The summed E-state index contributed by atoms with van der Waals surface area (Å²) in [6.07, 6.45) is 10.8. The molecule has 2 atom stereocenters. The van der Waals surface area contributed by atoms with Crippen LogP contribution in [0.25, 0.3) is 0 Å². The summed E-state index contributed by atoms with van der Waals surface area (Å²) in [6.45, 7) is 2.26. The van der Waals surface area contributed by atoms with E-state index in [1.807, 2.05) is 0 Å². The van der Waals surface area contributed by atoms with E-state index in [-0.39, 0.29) is 0 Å². The van der Waals surface area contributed by atoms with Crippen LogP contribution in [0.2, 0.25) is 0 Å². The standard InChI is InChI=1S/C16H23N/c1-2-9-16(14-10-5-3-6-11-14)17-15-12-7-4-8-13-15/h3-7,10-11,15-17H,2,8-9,12-13H2,1H3. The quantitative estimate of drug-likeness (QED) is 0.745. The average Bonchev–Trinajstić information content (AvgIpc) is 2.40. The van der Waals surface area contributed by atoms with E-state index < -0.39 is 0 Å². The summed E-state index contributed by atoms with van der Waals surface area (Å²) < 4.78 is 0. The van der Waals surface area contributed by atoms with Gasteiger partial charge < -0.3 is 5.32 Å². The molecule has 0 fully saturated rings. The van der Waals surface area contributed by atoms with Gasteiger partial charge in [0.1, 0.15) is 0 Å². The van der Waals surface area contributed by atoms with Crippen LogP contribution in [0.5, 0.6) is 0 Å². The van der Waals surface area contributed by atoms with Crippen LogP contribution in [-0.2, 0) is 0 Å². The number of nitrogens with one attached hydrogen (secondary N) is 1. The van der Waals surface area contributed by atoms with E-state index in [4.69, 9.17) is 0 Å². The second-order valence-electron chi connectivity index (χ2n) is 4.90. The predicted octanol–water partition coefficient (Wildman–Crippen LogP) is 4.23. The van der Waals surface area contributed by atoms with E-state index in [9.17, 15) is 0 Å². The minimum Gasteiger partial charge on any atom is -0.307 e. The molecule has 0 saturated heterocycles. The molecule has 1 N–H and O–H groups in total. The van der Waals surface area contributed by atoms with Crippen molar-refractivity contribution in [1.82, 2.24) is 5.32 Å². The van der Waals surface area contributed by atoms with Crippen molar-refractivity contribution in [3.05, 3.63) is 48.0 Å². The van der Waals surface area contributed by atoms with Gasteiger partial charge >= 0.3 is 0 Å². The number of rotatable bonds is 5. The average molecular weight is 229 g/mol. The lowest BCUT2D eigenvalue weighted by Crippen LogP contribution is -2.33. The molecular formula is C16H23N. The molecule has 1 nitrogen and oxygen atoms in total. The molecule has 0 heterocycles. The monoisotopic (exact) mass is 229 g/mol. The first-order valence-electron chi connectivity index (χ1n) is 6.86. The largest absolute Gasteiger partial charge is 0.307 e. The summed E-state index contributed by atoms with van der Waals surface area (Å²) in [4.78, 5) is 0. The normalized spacial score (nSPS) is 21.4. The fourth-order valence-corrected chi connectivity index (χ4v) is 2.55. The molecule has 1 heteroatoms. The van der Waals surface area contributed by atoms with Crippen molar-refractivity contribution in [2.75, 3.05) is 0 Å². The first-order valence-corrected chi connectivity index (χ1v) is 6.86. The molecule has 1 aromatic carbocycles. The first kappa shape index (κ1) is 12.4. The van der Waals surface area contributed by atoms with E-state index in [0.29, 0.717) is 12.1 Å². The van der Waals surface area contributed by atoms with Crippen molar-refractivity contribution in [2.45, 2.75) is 51.1 Å². The third-order valence-corrected chi connectivity index (χ3v) is 3.49. The molecule has 0 aliphatic heterocycles. The maximum absolute atomic E-state index is 3.82. The van der Waals surface area contributed by atoms with Gasteiger partial charge in [-0.2, -0.15) is 0 Å². The fraction of sp³-hybridized carbons (Fsp3) is 0.500. The van der Waals surface area contributed by atoms with Gasteiger partial charge in [-0.1, -0.05) is 55.8 Å². The SMILES string of the molecule is CCCC(NC1CC=CCC1)c1ccccc1. The Bertz CT molecular complexity index is 342. The zero-order valence-electron chi connectivity index (χ0n) is 10.7. The summed E-state index contributed by atoms with van der Waals surface area (Å²) in [7, 11) is 0. The molecule has 0 bridgehead atoms. The summed E-state index contributed by atoms with van der Waals surface area (Å²) >= 11 is 0. The molecule has 0 radical (unpaired) electrons. The van der Waals surface area contributed by atoms with Gasteiger partial charge in [0.15, 0.2) is 0 Å². The lowest BCUT2D eigenvalue weighted by Gasteiger charge is -2.26. The van der Waals surface area contributed by atoms with Crippen LogP contribution in [0.1, 0.15) is 50.6 Å². The van der Waals surface area contributed by atoms with E-state index >= 15 is 0 Å². The van der Waals surface area contributed by atoms with E-state index in [1.54, 1.807) is 0 Å². The van der Waals surface area contributed by atoms with Crippen molar-refractivity contribution in [3.8, 4) is 0 Å². The van der Waals surface area contributed by atoms with Crippen LogP contribution in [0.3, 0.4) is 0 Å². The van der Waals surface area contributed by atoms with Gasteiger partial charge in [0.05, 0.1) is 0 Å². The Labute approximate surface area is 105 Å². The maximum atomic E-state index is 3.82. The fourth-order valence-electron chi connectivity index (χ4n) is 2.55. The zero-order chi connectivity index (χ0) is 11.9. The molecule has 0 spiro atoms. The van der Waals surface area contributed by atoms with Gasteiger partial charge in [0.25, 0.3) is 0 Å². The summed E-state index contributed by atoms with van der Waals surface area (Å²) in [5, 5.41) is 3.82. The Morgan fingerprint density at radius 2 is 2.06 bits per heavy atom. The minimum absolute atomic E-state index is 0.526. The third kappa shape index (κ3) is 3.71. The van der Waals surface area contributed by atoms with Crippen LogP contribution in [0, 0.1) is 0 Å². The number of hydrogen-bond donors (Lipinski definition) is 1. The van der Waals surface area contributed by atoms with Crippen LogP contribution in [0.15, 0.2) is 42.5 Å². The van der Waals surface area contributed by atoms with E-state index in [0.717, 1.165) is 0 Å². The Balaban J connectivity index is 1.99. The van der Waals surface area contributed by atoms with Crippen molar-refractivity contribution >= 4 is 0 Å². The lowest BCUT2D eigenvalue weighted by atomic mass is 9.97. The Kier molecular flexibility index (Phi) is 4.81. The maximum Gasteiger partial charge on any atom is 0.0322 e. The highest BCUT2D eigenvalue weighted by Crippen LogP contribution is 2.21. The summed E-state index contributed by atoms with van der Waals surface area (Å²) in [5.74, 6) is 0. The Hall–Kier alpha value is -1.08. The first-order chi connectivity index (χ1) is 8.40. The number of hydrogen-bond acceptors (Lipinski definition) is 1. The molecule has 0 amide bonds. The molecule has 0 aromatic heterocycles. The van der Waals surface area contributed by atoms with Crippen LogP contribution < -0.4 is 5.32 Å². The van der Waals surface area contributed by atoms with Gasteiger partial charge in [-0.25, -0.2) is 0 Å². The van der Waals surface area contributed by atoms with Crippen molar-refractivity contribution in [1.29, 1.82) is 0 Å². The van der Waals surface area contributed by atoms with Gasteiger partial charge in [-0.05, 0) is 31.2 Å². The van der Waals surface area contributed by atoms with Gasteiger partial charge in [0.2, 0.25) is 0 Å². The van der Waals surface area contributed by atoms with Gasteiger partial charge in [-0.15, -0.1) is 0 Å². The molecular weight excluding hydrogens is 206 g/mol. The highest BCUT2D eigenvalue weighted by atomic mass is 14.9. The molecule has 92 valence electrons. The lowest BCUT2D eigenvalue weighted by molar-refractivity contribution is 0.391. The predicted molar refractivity (Wildman–Crippen MR) is 74.0 cm³/mol. The van der Waals surface area contributed by atoms with Crippen LogP contribution >= 0.6 is 0 Å². The molecule has 1 aliphatic carbocycles. The Morgan fingerprint density at radius 3 is 2.71 bits per heavy atom. The topological polar surface area (TPSA) is 12.0 Å². The highest BCUT2D eigenvalue weighted by Gasteiger charge is 2.16. The van der Waals surface area contributed by atoms with E-state index in [1.165, 1.54) is 37.7 Å². The molecule has 2 unspecified atom stereocenters. The van der Waals surface area contributed by atoms with Gasteiger partial charge in [-0.3, -0.25) is 0 Å². The van der Waals surface area contributed by atoms with E-state index in [2.05, 4.69) is 54.7 Å². The molecule has 2 rings (SSSR count). The molecule has 17 heavy (non-hydrogen) atoms. The zero-order valence-corrected chi connectivity index (χ0v) is 10.7. The van der Waals surface area contributed by atoms with Crippen molar-refractivity contribution in [2.24, 2.45) is 0 Å². The second kappa shape index (κ2) is 6.61.